The molecule has 0 aromatic rings. The maximum absolute atomic E-state index is 11.9. The smallest absolute Gasteiger partial charge is 0.348 e. The highest BCUT2D eigenvalue weighted by molar-refractivity contribution is 5.86. The molecule has 2 atom stereocenters. The second kappa shape index (κ2) is 7.16. The fourth-order valence-electron chi connectivity index (χ4n) is 1.91. The highest BCUT2D eigenvalue weighted by Crippen LogP contribution is 2.26. The van der Waals surface area contributed by atoms with Crippen LogP contribution in [0.1, 0.15) is 47.5 Å². The van der Waals surface area contributed by atoms with Crippen molar-refractivity contribution >= 4 is 23.9 Å². The Hall–Kier alpha value is -2.16. The molecule has 1 rings (SSSR count). The molecular formula is C15H22O9. The second-order valence-corrected chi connectivity index (χ2v) is 6.74. The van der Waals surface area contributed by atoms with Crippen LogP contribution in [0.5, 0.6) is 0 Å². The Morgan fingerprint density at radius 1 is 1.29 bits per heavy atom. The number of aliphatic carboxylic acids is 1. The lowest BCUT2D eigenvalue weighted by atomic mass is 10.2. The number of carbonyl (C=O) groups excluding carboxylic acids is 3. The Labute approximate surface area is 139 Å². The standard InChI is InChI=1S/C15H22O9/c1-14(2,3)23-12(19)8(6-10(16)17)21-11(18)7-9-13(20)24-15(4,5)22-9/h8-9H,6-7H2,1-5H3,(H,16,17)/t8-,9-/m0/s1. The van der Waals surface area contributed by atoms with Gasteiger partial charge in [-0.1, -0.05) is 0 Å². The fraction of sp³-hybridized carbons (Fsp3) is 0.733. The van der Waals surface area contributed by atoms with Gasteiger partial charge in [0.25, 0.3) is 0 Å². The molecule has 1 N–H and O–H groups in total. The zero-order valence-corrected chi connectivity index (χ0v) is 14.3. The van der Waals surface area contributed by atoms with Crippen molar-refractivity contribution < 1.29 is 43.2 Å². The predicted molar refractivity (Wildman–Crippen MR) is 77.6 cm³/mol. The minimum Gasteiger partial charge on any atom is -0.481 e. The summed E-state index contributed by atoms with van der Waals surface area (Å²) < 4.78 is 20.0. The summed E-state index contributed by atoms with van der Waals surface area (Å²) in [5.74, 6) is -5.17. The Kier molecular flexibility index (Phi) is 5.94. The lowest BCUT2D eigenvalue weighted by molar-refractivity contribution is -0.180. The van der Waals surface area contributed by atoms with E-state index in [1.807, 2.05) is 0 Å². The van der Waals surface area contributed by atoms with Gasteiger partial charge in [-0.05, 0) is 20.8 Å². The first-order valence-corrected chi connectivity index (χ1v) is 7.34. The topological polar surface area (TPSA) is 125 Å². The molecule has 0 spiro atoms. The summed E-state index contributed by atoms with van der Waals surface area (Å²) in [5.41, 5.74) is -0.872. The van der Waals surface area contributed by atoms with Crippen LogP contribution in [0.2, 0.25) is 0 Å². The molecule has 0 unspecified atom stereocenters. The molecule has 0 radical (unpaired) electrons. The van der Waals surface area contributed by atoms with Gasteiger partial charge in [-0.2, -0.15) is 0 Å². The number of rotatable bonds is 6. The van der Waals surface area contributed by atoms with E-state index in [1.165, 1.54) is 13.8 Å². The summed E-state index contributed by atoms with van der Waals surface area (Å²) in [5, 5.41) is 8.84. The minimum absolute atomic E-state index is 0.499. The first kappa shape index (κ1) is 19.9. The van der Waals surface area contributed by atoms with Crippen molar-refractivity contribution in [2.24, 2.45) is 0 Å². The third kappa shape index (κ3) is 6.53. The third-order valence-electron chi connectivity index (χ3n) is 2.69. The molecule has 1 fully saturated rings. The molecule has 0 amide bonds. The van der Waals surface area contributed by atoms with Gasteiger partial charge in [-0.25, -0.2) is 9.59 Å². The van der Waals surface area contributed by atoms with E-state index in [0.717, 1.165) is 0 Å². The van der Waals surface area contributed by atoms with E-state index in [-0.39, 0.29) is 0 Å². The summed E-state index contributed by atoms with van der Waals surface area (Å²) in [6.07, 6.45) is -4.03. The van der Waals surface area contributed by atoms with E-state index in [4.69, 9.17) is 24.1 Å². The molecule has 9 nitrogen and oxygen atoms in total. The van der Waals surface area contributed by atoms with Gasteiger partial charge < -0.3 is 24.1 Å². The molecule has 0 saturated carbocycles. The van der Waals surface area contributed by atoms with Crippen LogP contribution < -0.4 is 0 Å². The Morgan fingerprint density at radius 3 is 2.29 bits per heavy atom. The first-order chi connectivity index (χ1) is 10.8. The van der Waals surface area contributed by atoms with E-state index in [0.29, 0.717) is 0 Å². The van der Waals surface area contributed by atoms with Crippen LogP contribution in [0.15, 0.2) is 0 Å². The lowest BCUT2D eigenvalue weighted by Gasteiger charge is -2.23. The zero-order valence-electron chi connectivity index (χ0n) is 14.3. The molecular weight excluding hydrogens is 324 g/mol. The SMILES string of the molecule is CC(C)(C)OC(=O)[C@H](CC(=O)O)OC(=O)C[C@@H]1OC(C)(C)OC1=O. The highest BCUT2D eigenvalue weighted by atomic mass is 16.8. The molecule has 1 saturated heterocycles. The van der Waals surface area contributed by atoms with Crippen LogP contribution in [0, 0.1) is 0 Å². The molecule has 1 aliphatic rings. The van der Waals surface area contributed by atoms with Gasteiger partial charge in [0, 0.05) is 13.8 Å². The van der Waals surface area contributed by atoms with Crippen molar-refractivity contribution in [3.05, 3.63) is 0 Å². The summed E-state index contributed by atoms with van der Waals surface area (Å²) in [6.45, 7) is 7.79. The molecule has 0 aromatic carbocycles. The van der Waals surface area contributed by atoms with Crippen LogP contribution in [0.3, 0.4) is 0 Å². The first-order valence-electron chi connectivity index (χ1n) is 7.34. The minimum atomic E-state index is -1.61. The van der Waals surface area contributed by atoms with Crippen LogP contribution in [-0.2, 0) is 38.1 Å². The van der Waals surface area contributed by atoms with Gasteiger partial charge in [0.15, 0.2) is 6.10 Å². The predicted octanol–water partition coefficient (Wildman–Crippen LogP) is 0.783. The van der Waals surface area contributed by atoms with Crippen molar-refractivity contribution in [1.82, 2.24) is 0 Å². The van der Waals surface area contributed by atoms with Crippen molar-refractivity contribution in [2.75, 3.05) is 0 Å². The number of hydrogen-bond donors (Lipinski definition) is 1. The second-order valence-electron chi connectivity index (χ2n) is 6.74. The zero-order chi connectivity index (χ0) is 18.7. The number of carboxylic acids is 1. The normalized spacial score (nSPS) is 20.9. The maximum atomic E-state index is 11.9. The number of cyclic esters (lactones) is 1. The van der Waals surface area contributed by atoms with Crippen molar-refractivity contribution in [3.63, 3.8) is 0 Å². The summed E-state index contributed by atoms with van der Waals surface area (Å²) >= 11 is 0. The van der Waals surface area contributed by atoms with Crippen LogP contribution in [0.4, 0.5) is 0 Å². The molecule has 0 aromatic heterocycles. The van der Waals surface area contributed by atoms with E-state index < -0.39 is 60.3 Å². The van der Waals surface area contributed by atoms with Gasteiger partial charge in [-0.3, -0.25) is 9.59 Å². The Bertz CT molecular complexity index is 530. The molecule has 9 heteroatoms. The van der Waals surface area contributed by atoms with E-state index in [9.17, 15) is 19.2 Å². The Morgan fingerprint density at radius 2 is 1.88 bits per heavy atom. The largest absolute Gasteiger partial charge is 0.481 e. The summed E-state index contributed by atoms with van der Waals surface area (Å²) in [6, 6.07) is 0. The molecule has 24 heavy (non-hydrogen) atoms. The summed E-state index contributed by atoms with van der Waals surface area (Å²) in [4.78, 5) is 46.3. The molecule has 0 bridgehead atoms. The van der Waals surface area contributed by atoms with E-state index in [2.05, 4.69) is 0 Å². The molecule has 136 valence electrons. The lowest BCUT2D eigenvalue weighted by Crippen LogP contribution is -2.37. The van der Waals surface area contributed by atoms with Gasteiger partial charge in [0.05, 0.1) is 12.8 Å². The number of carboxylic acid groups (broad SMARTS) is 1. The van der Waals surface area contributed by atoms with Crippen LogP contribution >= 0.6 is 0 Å². The number of ether oxygens (including phenoxy) is 4. The highest BCUT2D eigenvalue weighted by Gasteiger charge is 2.43. The van der Waals surface area contributed by atoms with Crippen molar-refractivity contribution in [2.45, 2.75) is 71.1 Å². The quantitative estimate of drug-likeness (QED) is 0.548. The monoisotopic (exact) mass is 346 g/mol. The van der Waals surface area contributed by atoms with Crippen LogP contribution in [-0.4, -0.2) is 52.6 Å². The van der Waals surface area contributed by atoms with Gasteiger partial charge >= 0.3 is 23.9 Å². The van der Waals surface area contributed by atoms with Crippen LogP contribution in [0.25, 0.3) is 0 Å². The molecule has 1 aliphatic heterocycles. The van der Waals surface area contributed by atoms with Crippen molar-refractivity contribution in [1.29, 1.82) is 0 Å². The Balaban J connectivity index is 2.69. The fourth-order valence-corrected chi connectivity index (χ4v) is 1.91. The number of esters is 3. The van der Waals surface area contributed by atoms with E-state index in [1.54, 1.807) is 20.8 Å². The number of hydrogen-bond acceptors (Lipinski definition) is 8. The van der Waals surface area contributed by atoms with Gasteiger partial charge in [0.2, 0.25) is 11.9 Å². The third-order valence-corrected chi connectivity index (χ3v) is 2.69. The summed E-state index contributed by atoms with van der Waals surface area (Å²) in [7, 11) is 0. The van der Waals surface area contributed by atoms with Gasteiger partial charge in [-0.15, -0.1) is 0 Å². The number of carbonyl (C=O) groups is 4. The van der Waals surface area contributed by atoms with Gasteiger partial charge in [0.1, 0.15) is 5.60 Å². The molecule has 0 aliphatic carbocycles. The average molecular weight is 346 g/mol. The molecule has 1 heterocycles. The van der Waals surface area contributed by atoms with Crippen molar-refractivity contribution in [3.8, 4) is 0 Å². The van der Waals surface area contributed by atoms with E-state index >= 15 is 0 Å². The average Bonchev–Trinajstić information content (AvgIpc) is 2.58. The maximum Gasteiger partial charge on any atom is 0.348 e.